The van der Waals surface area contributed by atoms with Gasteiger partial charge in [0.05, 0.1) is 24.7 Å². The summed E-state index contributed by atoms with van der Waals surface area (Å²) in [6, 6.07) is 0. The number of hydrogen-bond donors (Lipinski definition) is 2. The van der Waals surface area contributed by atoms with Crippen molar-refractivity contribution in [3.05, 3.63) is 18.1 Å². The quantitative estimate of drug-likeness (QED) is 0.419. The van der Waals surface area contributed by atoms with E-state index in [1.165, 1.54) is 12.4 Å². The Labute approximate surface area is 92.2 Å². The van der Waals surface area contributed by atoms with Gasteiger partial charge < -0.3 is 4.74 Å². The molecule has 0 aliphatic heterocycles. The first-order chi connectivity index (χ1) is 7.63. The lowest BCUT2D eigenvalue weighted by Gasteiger charge is -2.06. The lowest BCUT2D eigenvalue weighted by Crippen LogP contribution is -2.36. The van der Waals surface area contributed by atoms with Gasteiger partial charge in [-0.2, -0.15) is 0 Å². The molecule has 16 heavy (non-hydrogen) atoms. The Morgan fingerprint density at radius 1 is 1.38 bits per heavy atom. The highest BCUT2D eigenvalue weighted by atomic mass is 16.5. The Kier molecular flexibility index (Phi) is 4.19. The molecule has 0 saturated carbocycles. The number of carbonyl (C=O) groups excluding carboxylic acids is 2. The molecule has 1 heterocycles. The first kappa shape index (κ1) is 11.9. The van der Waals surface area contributed by atoms with Crippen LogP contribution >= 0.6 is 0 Å². The van der Waals surface area contributed by atoms with Crippen LogP contribution in [0.25, 0.3) is 0 Å². The second kappa shape index (κ2) is 5.64. The molecule has 0 spiro atoms. The molecule has 86 valence electrons. The first-order valence-electron chi connectivity index (χ1n) is 4.65. The molecular weight excluding hydrogens is 212 g/mol. The molecular formula is C9H12N4O3. The smallest absolute Gasteiger partial charge is 0.398 e. The molecule has 1 aromatic heterocycles. The predicted octanol–water partition coefficient (Wildman–Crippen LogP) is -0.209. The van der Waals surface area contributed by atoms with Crippen LogP contribution in [0.5, 0.6) is 0 Å². The lowest BCUT2D eigenvalue weighted by atomic mass is 10.5. The molecule has 0 aliphatic carbocycles. The van der Waals surface area contributed by atoms with Crippen molar-refractivity contribution in [3.8, 4) is 0 Å². The van der Waals surface area contributed by atoms with Crippen LogP contribution in [-0.2, 0) is 14.3 Å². The topological polar surface area (TPSA) is 93.2 Å². The van der Waals surface area contributed by atoms with Crippen molar-refractivity contribution >= 4 is 17.7 Å². The molecule has 0 aliphatic rings. The van der Waals surface area contributed by atoms with Crippen molar-refractivity contribution in [2.24, 2.45) is 0 Å². The summed E-state index contributed by atoms with van der Waals surface area (Å²) in [6.45, 7) is 3.55. The second-order valence-corrected chi connectivity index (χ2v) is 2.84. The van der Waals surface area contributed by atoms with E-state index in [0.717, 1.165) is 5.69 Å². The minimum Gasteiger partial charge on any atom is -0.459 e. The van der Waals surface area contributed by atoms with Crippen LogP contribution in [-0.4, -0.2) is 28.5 Å². The van der Waals surface area contributed by atoms with Gasteiger partial charge in [-0.25, -0.2) is 9.78 Å². The Hall–Kier alpha value is -2.18. The van der Waals surface area contributed by atoms with Gasteiger partial charge in [-0.3, -0.25) is 20.6 Å². The maximum absolute atomic E-state index is 11.1. The van der Waals surface area contributed by atoms with Crippen molar-refractivity contribution in [1.82, 2.24) is 15.4 Å². The highest BCUT2D eigenvalue weighted by Gasteiger charge is 2.13. The van der Waals surface area contributed by atoms with Crippen molar-refractivity contribution in [3.63, 3.8) is 0 Å². The summed E-state index contributed by atoms with van der Waals surface area (Å²) in [6.07, 6.45) is 2.96. The average molecular weight is 224 g/mol. The largest absolute Gasteiger partial charge is 0.459 e. The number of aryl methyl sites for hydroxylation is 1. The van der Waals surface area contributed by atoms with Crippen molar-refractivity contribution in [2.75, 3.05) is 12.0 Å². The molecule has 0 fully saturated rings. The molecule has 0 aromatic carbocycles. The zero-order valence-electron chi connectivity index (χ0n) is 8.98. The first-order valence-corrected chi connectivity index (χ1v) is 4.65. The highest BCUT2D eigenvalue weighted by molar-refractivity contribution is 6.32. The molecule has 0 atom stereocenters. The van der Waals surface area contributed by atoms with Gasteiger partial charge in [0.1, 0.15) is 0 Å². The number of rotatable bonds is 3. The fourth-order valence-corrected chi connectivity index (χ4v) is 0.826. The molecule has 7 heteroatoms. The molecule has 1 rings (SSSR count). The number of aromatic nitrogens is 2. The van der Waals surface area contributed by atoms with Gasteiger partial charge in [0.2, 0.25) is 0 Å². The van der Waals surface area contributed by atoms with E-state index >= 15 is 0 Å². The van der Waals surface area contributed by atoms with E-state index < -0.39 is 11.9 Å². The Morgan fingerprint density at radius 3 is 2.69 bits per heavy atom. The summed E-state index contributed by atoms with van der Waals surface area (Å²) < 4.78 is 4.48. The van der Waals surface area contributed by atoms with E-state index in [2.05, 4.69) is 25.6 Å². The number of esters is 1. The summed E-state index contributed by atoms with van der Waals surface area (Å²) in [4.78, 5) is 29.8. The van der Waals surface area contributed by atoms with E-state index in [9.17, 15) is 9.59 Å². The van der Waals surface area contributed by atoms with Gasteiger partial charge in [-0.15, -0.1) is 0 Å². The van der Waals surface area contributed by atoms with Gasteiger partial charge in [-0.05, 0) is 13.8 Å². The summed E-state index contributed by atoms with van der Waals surface area (Å²) in [5.74, 6) is -1.50. The number of nitrogens with zero attached hydrogens (tertiary/aromatic N) is 2. The van der Waals surface area contributed by atoms with Crippen LogP contribution in [0.3, 0.4) is 0 Å². The Balaban J connectivity index is 2.42. The third-order valence-corrected chi connectivity index (χ3v) is 1.55. The second-order valence-electron chi connectivity index (χ2n) is 2.84. The Bertz CT molecular complexity index is 377. The number of anilines is 1. The number of amides is 1. The predicted molar refractivity (Wildman–Crippen MR) is 55.2 cm³/mol. The molecule has 2 N–H and O–H groups in total. The molecule has 0 bridgehead atoms. The maximum Gasteiger partial charge on any atom is 0.398 e. The monoisotopic (exact) mass is 224 g/mol. The van der Waals surface area contributed by atoms with E-state index in [0.29, 0.717) is 5.82 Å². The third kappa shape index (κ3) is 3.52. The fraction of sp³-hybridized carbons (Fsp3) is 0.333. The van der Waals surface area contributed by atoms with E-state index in [1.54, 1.807) is 13.8 Å². The van der Waals surface area contributed by atoms with E-state index in [1.807, 2.05) is 0 Å². The van der Waals surface area contributed by atoms with Gasteiger partial charge in [0.25, 0.3) is 0 Å². The van der Waals surface area contributed by atoms with Crippen LogP contribution in [0.2, 0.25) is 0 Å². The minimum atomic E-state index is -0.949. The van der Waals surface area contributed by atoms with Crippen LogP contribution < -0.4 is 10.9 Å². The third-order valence-electron chi connectivity index (χ3n) is 1.55. The number of carbonyl (C=O) groups is 2. The van der Waals surface area contributed by atoms with Gasteiger partial charge in [0.15, 0.2) is 5.82 Å². The molecule has 0 unspecified atom stereocenters. The SMILES string of the molecule is CCOC(=O)C(=O)NNc1cnc(C)cn1. The Morgan fingerprint density at radius 2 is 2.12 bits per heavy atom. The summed E-state index contributed by atoms with van der Waals surface area (Å²) >= 11 is 0. The minimum absolute atomic E-state index is 0.149. The molecule has 0 radical (unpaired) electrons. The lowest BCUT2D eigenvalue weighted by molar-refractivity contribution is -0.154. The van der Waals surface area contributed by atoms with Gasteiger partial charge in [0, 0.05) is 0 Å². The fourth-order valence-electron chi connectivity index (χ4n) is 0.826. The van der Waals surface area contributed by atoms with Crippen LogP contribution in [0.1, 0.15) is 12.6 Å². The number of ether oxygens (including phenoxy) is 1. The van der Waals surface area contributed by atoms with E-state index in [-0.39, 0.29) is 6.61 Å². The zero-order chi connectivity index (χ0) is 12.0. The molecule has 0 saturated heterocycles. The summed E-state index contributed by atoms with van der Waals surface area (Å²) in [5.41, 5.74) is 5.33. The average Bonchev–Trinajstić information content (AvgIpc) is 2.28. The van der Waals surface area contributed by atoms with Gasteiger partial charge in [-0.1, -0.05) is 0 Å². The van der Waals surface area contributed by atoms with Crippen molar-refractivity contribution in [2.45, 2.75) is 13.8 Å². The van der Waals surface area contributed by atoms with Crippen LogP contribution in [0.15, 0.2) is 12.4 Å². The van der Waals surface area contributed by atoms with Crippen LogP contribution in [0.4, 0.5) is 5.82 Å². The van der Waals surface area contributed by atoms with Crippen molar-refractivity contribution < 1.29 is 14.3 Å². The van der Waals surface area contributed by atoms with Gasteiger partial charge >= 0.3 is 11.9 Å². The molecule has 1 aromatic rings. The number of hydrogen-bond acceptors (Lipinski definition) is 6. The number of nitrogens with one attached hydrogen (secondary N) is 2. The van der Waals surface area contributed by atoms with Crippen LogP contribution in [0, 0.1) is 6.92 Å². The van der Waals surface area contributed by atoms with E-state index in [4.69, 9.17) is 0 Å². The highest BCUT2D eigenvalue weighted by Crippen LogP contribution is 1.97. The summed E-state index contributed by atoms with van der Waals surface area (Å²) in [7, 11) is 0. The molecule has 7 nitrogen and oxygen atoms in total. The summed E-state index contributed by atoms with van der Waals surface area (Å²) in [5, 5.41) is 0. The molecule has 1 amide bonds. The zero-order valence-corrected chi connectivity index (χ0v) is 8.98. The normalized spacial score (nSPS) is 9.38. The maximum atomic E-state index is 11.1. The van der Waals surface area contributed by atoms with Crippen molar-refractivity contribution in [1.29, 1.82) is 0 Å². The standard InChI is InChI=1S/C9H12N4O3/c1-3-16-9(15)8(14)13-12-7-5-10-6(2)4-11-7/h4-5H,3H2,1-2H3,(H,11,12)(H,13,14). The number of hydrazine groups is 1.